The number of hydrogen-bond donors (Lipinski definition) is 5. The molecule has 0 bridgehead atoms. The summed E-state index contributed by atoms with van der Waals surface area (Å²) in [5.74, 6) is -2.99. The number of thioether (sulfide) groups is 1. The van der Waals surface area contributed by atoms with Crippen LogP contribution in [0.2, 0.25) is 0 Å². The second-order valence-electron chi connectivity index (χ2n) is 20.7. The summed E-state index contributed by atoms with van der Waals surface area (Å²) in [5.41, 5.74) is -5.50. The smallest absolute Gasteiger partial charge is 0.257 e. The third-order valence-electron chi connectivity index (χ3n) is 12.7. The number of aliphatic hydroxyl groups is 1. The van der Waals surface area contributed by atoms with Crippen molar-refractivity contribution in [2.45, 2.75) is 180 Å². The van der Waals surface area contributed by atoms with E-state index >= 15 is 0 Å². The number of carbonyl (C=O) groups excluding carboxylic acids is 8. The monoisotopic (exact) mass is 954 g/mol. The van der Waals surface area contributed by atoms with Crippen molar-refractivity contribution >= 4 is 59.8 Å². The Morgan fingerprint density at radius 1 is 0.742 bits per heavy atom. The van der Waals surface area contributed by atoms with Gasteiger partial charge in [-0.15, -0.1) is 11.8 Å². The van der Waals surface area contributed by atoms with E-state index in [1.165, 1.54) is 87.2 Å². The van der Waals surface area contributed by atoms with Crippen molar-refractivity contribution in [3.63, 3.8) is 0 Å². The summed E-state index contributed by atoms with van der Waals surface area (Å²) in [5, 5.41) is 21.7. The predicted octanol–water partition coefficient (Wildman–Crippen LogP) is 2.42. The van der Waals surface area contributed by atoms with Crippen molar-refractivity contribution in [3.8, 4) is 0 Å². The van der Waals surface area contributed by atoms with E-state index in [-0.39, 0.29) is 48.5 Å². The molecule has 7 atom stereocenters. The molecule has 0 aliphatic heterocycles. The first-order valence-electron chi connectivity index (χ1n) is 23.4. The standard InChI is InChI=1S/C47H87N9O9S/c1-19-21-36(59)55(17)43(66-29-46(52(13)14)22-20-23-46)42(64)56(18)47(28-58,26-44(9,10)65)50-37(32(6)7)41(63)54(16)35(25-31(4)5)39(61)51-45(11,27-57)49-33(8)40(62)53(15)34(24-30(2)3)38(60)48-12/h27-28,30-35,37,43,49-50,65H,19-26,29H2,1-18H3,(H,48,60)(H,51,61). The minimum atomic E-state index is -1.98. The SMILES string of the molecule is CCCC(=O)N(C)C(SCC1(N(C)C)CCC1)C(=O)N(C)C(C=O)(CC(C)(C)O)NC(C(=O)N(C)C(CC(C)C)C(=O)NC(C)(C=O)NC(C)C(=O)N(C)C(CC(C)C)C(=O)NC)C(C)C. The molecule has 7 unspecified atom stereocenters. The average Bonchev–Trinajstić information content (AvgIpc) is 3.21. The summed E-state index contributed by atoms with van der Waals surface area (Å²) >= 11 is 1.32. The Balaban J connectivity index is 3.69. The van der Waals surface area contributed by atoms with Gasteiger partial charge in [-0.05, 0) is 98.1 Å². The molecule has 19 heteroatoms. The molecule has 1 saturated carbocycles. The Kier molecular flexibility index (Phi) is 23.5. The minimum absolute atomic E-state index is 0.0940. The normalized spacial score (nSPS) is 17.9. The fourth-order valence-electron chi connectivity index (χ4n) is 8.36. The summed E-state index contributed by atoms with van der Waals surface area (Å²) in [6.07, 6.45) is 4.83. The average molecular weight is 954 g/mol. The van der Waals surface area contributed by atoms with Crippen molar-refractivity contribution in [1.82, 2.24) is 45.8 Å². The third kappa shape index (κ3) is 16.3. The maximum atomic E-state index is 14.9. The maximum Gasteiger partial charge on any atom is 0.257 e. The van der Waals surface area contributed by atoms with Crippen LogP contribution in [0.1, 0.15) is 128 Å². The first kappa shape index (κ1) is 60.4. The molecule has 1 aliphatic rings. The number of nitrogens with zero attached hydrogens (tertiary/aromatic N) is 5. The molecule has 0 heterocycles. The fourth-order valence-corrected chi connectivity index (χ4v) is 10.0. The maximum absolute atomic E-state index is 14.9. The van der Waals surface area contributed by atoms with Crippen LogP contribution < -0.4 is 21.3 Å². The summed E-state index contributed by atoms with van der Waals surface area (Å²) < 4.78 is 0. The summed E-state index contributed by atoms with van der Waals surface area (Å²) in [6.45, 7) is 18.9. The quantitative estimate of drug-likeness (QED) is 0.0538. The van der Waals surface area contributed by atoms with Gasteiger partial charge in [-0.25, -0.2) is 0 Å². The van der Waals surface area contributed by atoms with Crippen molar-refractivity contribution in [3.05, 3.63) is 0 Å². The molecule has 0 radical (unpaired) electrons. The van der Waals surface area contributed by atoms with E-state index in [2.05, 4.69) is 26.2 Å². The van der Waals surface area contributed by atoms with E-state index in [1.807, 2.05) is 48.7 Å². The highest BCUT2D eigenvalue weighted by Crippen LogP contribution is 2.40. The molecule has 6 amide bonds. The molecule has 18 nitrogen and oxygen atoms in total. The number of nitrogens with one attached hydrogen (secondary N) is 4. The molecular formula is C47H87N9O9S. The molecule has 1 fully saturated rings. The lowest BCUT2D eigenvalue weighted by atomic mass is 9.77. The van der Waals surface area contributed by atoms with Gasteiger partial charge in [-0.3, -0.25) is 49.0 Å². The van der Waals surface area contributed by atoms with E-state index in [0.717, 1.165) is 19.3 Å². The van der Waals surface area contributed by atoms with E-state index in [0.29, 0.717) is 31.2 Å². The molecule has 5 N–H and O–H groups in total. The van der Waals surface area contributed by atoms with Crippen LogP contribution in [-0.2, 0) is 38.4 Å². The highest BCUT2D eigenvalue weighted by molar-refractivity contribution is 8.00. The lowest BCUT2D eigenvalue weighted by Crippen LogP contribution is -2.70. The molecule has 0 aromatic heterocycles. The van der Waals surface area contributed by atoms with Crippen molar-refractivity contribution < 1.29 is 43.5 Å². The van der Waals surface area contributed by atoms with E-state index in [4.69, 9.17) is 0 Å². The molecule has 380 valence electrons. The van der Waals surface area contributed by atoms with Gasteiger partial charge in [0.05, 0.1) is 17.7 Å². The van der Waals surface area contributed by atoms with Gasteiger partial charge < -0.3 is 40.2 Å². The zero-order chi connectivity index (χ0) is 51.3. The van der Waals surface area contributed by atoms with Gasteiger partial charge in [-0.2, -0.15) is 0 Å². The zero-order valence-electron chi connectivity index (χ0n) is 43.5. The van der Waals surface area contributed by atoms with Crippen molar-refractivity contribution in [1.29, 1.82) is 0 Å². The first-order chi connectivity index (χ1) is 30.3. The van der Waals surface area contributed by atoms with Gasteiger partial charge >= 0.3 is 0 Å². The van der Waals surface area contributed by atoms with Crippen LogP contribution in [0.5, 0.6) is 0 Å². The first-order valence-corrected chi connectivity index (χ1v) is 24.5. The summed E-state index contributed by atoms with van der Waals surface area (Å²) in [4.78, 5) is 118. The summed E-state index contributed by atoms with van der Waals surface area (Å²) in [6, 6.07) is -4.18. The Hall–Kier alpha value is -3.65. The van der Waals surface area contributed by atoms with Gasteiger partial charge in [0.2, 0.25) is 29.5 Å². The van der Waals surface area contributed by atoms with Crippen molar-refractivity contribution in [2.75, 3.05) is 55.1 Å². The highest BCUT2D eigenvalue weighted by atomic mass is 32.2. The number of rotatable bonds is 29. The van der Waals surface area contributed by atoms with E-state index in [9.17, 15) is 43.5 Å². The Bertz CT molecular complexity index is 1670. The molecule has 0 spiro atoms. The molecule has 1 aliphatic carbocycles. The van der Waals surface area contributed by atoms with Gasteiger partial charge in [0.1, 0.15) is 17.7 Å². The van der Waals surface area contributed by atoms with Crippen molar-refractivity contribution in [2.24, 2.45) is 17.8 Å². The van der Waals surface area contributed by atoms with Crippen LogP contribution >= 0.6 is 11.8 Å². The van der Waals surface area contributed by atoms with Crippen LogP contribution in [0.4, 0.5) is 0 Å². The largest absolute Gasteiger partial charge is 0.390 e. The lowest BCUT2D eigenvalue weighted by Gasteiger charge is -2.49. The number of aldehydes is 2. The topological polar surface area (TPSA) is 221 Å². The highest BCUT2D eigenvalue weighted by Gasteiger charge is 2.49. The molecular weight excluding hydrogens is 867 g/mol. The number of carbonyl (C=O) groups is 8. The number of likely N-dealkylation sites (N-methyl/N-ethyl adjacent to an activating group) is 5. The second kappa shape index (κ2) is 25.6. The molecule has 66 heavy (non-hydrogen) atoms. The molecule has 0 aromatic rings. The van der Waals surface area contributed by atoms with Crippen LogP contribution in [0.15, 0.2) is 0 Å². The van der Waals surface area contributed by atoms with Gasteiger partial charge in [-0.1, -0.05) is 48.5 Å². The molecule has 0 saturated heterocycles. The van der Waals surface area contributed by atoms with E-state index in [1.54, 1.807) is 20.9 Å². The number of hydrogen-bond acceptors (Lipinski definition) is 13. The third-order valence-corrected chi connectivity index (χ3v) is 14.2. The number of amides is 6. The summed E-state index contributed by atoms with van der Waals surface area (Å²) in [7, 11) is 11.4. The predicted molar refractivity (Wildman–Crippen MR) is 260 cm³/mol. The van der Waals surface area contributed by atoms with E-state index < -0.39 is 76.0 Å². The Labute approximate surface area is 400 Å². The van der Waals surface area contributed by atoms with Crippen LogP contribution in [0, 0.1) is 17.8 Å². The van der Waals surface area contributed by atoms with Crippen LogP contribution in [0.25, 0.3) is 0 Å². The Morgan fingerprint density at radius 3 is 1.65 bits per heavy atom. The zero-order valence-corrected chi connectivity index (χ0v) is 44.3. The molecule has 1 rings (SSSR count). The van der Waals surface area contributed by atoms with Gasteiger partial charge in [0.25, 0.3) is 5.91 Å². The Morgan fingerprint density at radius 2 is 1.26 bits per heavy atom. The second-order valence-corrected chi connectivity index (χ2v) is 21.7. The van der Waals surface area contributed by atoms with Gasteiger partial charge in [0, 0.05) is 59.4 Å². The minimum Gasteiger partial charge on any atom is -0.390 e. The van der Waals surface area contributed by atoms with Gasteiger partial charge in [0.15, 0.2) is 23.6 Å². The van der Waals surface area contributed by atoms with Crippen LogP contribution in [0.3, 0.4) is 0 Å². The van der Waals surface area contributed by atoms with Crippen LogP contribution in [-0.4, -0.2) is 185 Å². The lowest BCUT2D eigenvalue weighted by molar-refractivity contribution is -0.153. The fraction of sp³-hybridized carbons (Fsp3) is 0.830. The molecule has 0 aromatic carbocycles.